The molecule has 0 spiro atoms. The molecule has 262 valence electrons. The Kier molecular flexibility index (Phi) is 18.0. The molecule has 0 aromatic carbocycles. The van der Waals surface area contributed by atoms with E-state index < -0.39 is 103 Å². The number of rotatable bonds is 21. The van der Waals surface area contributed by atoms with E-state index in [1.807, 2.05) is 0 Å². The lowest BCUT2D eigenvalue weighted by Crippen LogP contribution is -2.61. The maximum absolute atomic E-state index is 13.2. The minimum absolute atomic E-state index is 0.000666. The Morgan fingerprint density at radius 2 is 1.13 bits per heavy atom. The van der Waals surface area contributed by atoms with Crippen LogP contribution in [0.25, 0.3) is 0 Å². The summed E-state index contributed by atoms with van der Waals surface area (Å²) in [5.74, 6) is -8.74. The predicted molar refractivity (Wildman–Crippen MR) is 161 cm³/mol. The number of primary amides is 2. The van der Waals surface area contributed by atoms with Crippen molar-refractivity contribution >= 4 is 47.3 Å². The van der Waals surface area contributed by atoms with Gasteiger partial charge in [-0.3, -0.25) is 33.6 Å². The molecule has 19 nitrogen and oxygen atoms in total. The molecule has 0 fully saturated rings. The summed E-state index contributed by atoms with van der Waals surface area (Å²) in [6.07, 6.45) is -2.95. The number of carbonyl (C=O) groups is 8. The van der Waals surface area contributed by atoms with Crippen molar-refractivity contribution < 1.29 is 53.7 Å². The van der Waals surface area contributed by atoms with E-state index in [9.17, 15) is 53.7 Å². The van der Waals surface area contributed by atoms with Gasteiger partial charge in [0.2, 0.25) is 41.4 Å². The monoisotopic (exact) mass is 660 g/mol. The first-order chi connectivity index (χ1) is 21.2. The van der Waals surface area contributed by atoms with E-state index in [4.69, 9.17) is 17.2 Å². The van der Waals surface area contributed by atoms with Crippen LogP contribution < -0.4 is 43.8 Å². The summed E-state index contributed by atoms with van der Waals surface area (Å²) in [4.78, 5) is 98.5. The molecule has 0 heterocycles. The topological polar surface area (TPSA) is 335 Å². The Balaban J connectivity index is 5.84. The summed E-state index contributed by atoms with van der Waals surface area (Å²) >= 11 is 0. The predicted octanol–water partition coefficient (Wildman–Crippen LogP) is -4.96. The maximum atomic E-state index is 13.2. The fraction of sp³-hybridized carbons (Fsp3) is 0.704. The van der Waals surface area contributed by atoms with Crippen LogP contribution in [0.15, 0.2) is 0 Å². The number of hydrogen-bond donors (Lipinski definition) is 11. The molecule has 0 aliphatic heterocycles. The molecular weight excluding hydrogens is 612 g/mol. The molecule has 19 heteroatoms. The first kappa shape index (κ1) is 41.6. The average Bonchev–Trinajstić information content (AvgIpc) is 2.93. The molecule has 0 saturated heterocycles. The highest BCUT2D eigenvalue weighted by atomic mass is 16.4. The second-order valence-corrected chi connectivity index (χ2v) is 11.6. The largest absolute Gasteiger partial charge is 0.480 e. The number of amides is 7. The minimum Gasteiger partial charge on any atom is -0.480 e. The summed E-state index contributed by atoms with van der Waals surface area (Å²) in [5.41, 5.74) is 16.1. The van der Waals surface area contributed by atoms with E-state index in [-0.39, 0.29) is 31.1 Å². The van der Waals surface area contributed by atoms with E-state index in [0.29, 0.717) is 0 Å². The number of nitrogens with one attached hydrogen (secondary N) is 5. The summed E-state index contributed by atoms with van der Waals surface area (Å²) in [6, 6.07) is -8.91. The van der Waals surface area contributed by atoms with Gasteiger partial charge in [-0.1, -0.05) is 27.7 Å². The van der Waals surface area contributed by atoms with Gasteiger partial charge in [-0.2, -0.15) is 0 Å². The van der Waals surface area contributed by atoms with Crippen LogP contribution in [0.5, 0.6) is 0 Å². The average molecular weight is 661 g/mol. The number of carbonyl (C=O) groups excluding carboxylic acids is 7. The summed E-state index contributed by atoms with van der Waals surface area (Å²) in [5, 5.41) is 40.5. The van der Waals surface area contributed by atoms with Crippen molar-refractivity contribution in [3.8, 4) is 0 Å². The summed E-state index contributed by atoms with van der Waals surface area (Å²) in [6.45, 7) is 6.87. The standard InChI is InChI=1S/C27H48N8O11/c1-11(2)8-15(32-23(41)16(9-19(29)39)33-25(43)20(30)12(3)4)22(40)34-17(10-36)24(42)35-21(13(5)37)26(44)31-14(27(45)46)6-7-18(28)38/h11-17,20-21,36-37H,6-10,30H2,1-5H3,(H2,28,38)(H2,29,39)(H,31,44)(H,32,41)(H,33,43)(H,34,40)(H,35,42)(H,45,46)/t13-,14+,15+,16+,17+,20+,21+/m1/s1. The molecule has 0 radical (unpaired) electrons. The van der Waals surface area contributed by atoms with Crippen molar-refractivity contribution in [1.82, 2.24) is 26.6 Å². The molecule has 0 unspecified atom stereocenters. The molecule has 0 aromatic heterocycles. The van der Waals surface area contributed by atoms with Crippen molar-refractivity contribution in [3.05, 3.63) is 0 Å². The number of carboxylic acids is 1. The molecule has 0 aliphatic carbocycles. The van der Waals surface area contributed by atoms with Crippen molar-refractivity contribution in [3.63, 3.8) is 0 Å². The van der Waals surface area contributed by atoms with Gasteiger partial charge in [0.1, 0.15) is 30.2 Å². The first-order valence-electron chi connectivity index (χ1n) is 14.6. The quantitative estimate of drug-likeness (QED) is 0.0551. The third-order valence-electron chi connectivity index (χ3n) is 6.57. The molecule has 0 bridgehead atoms. The molecule has 0 saturated carbocycles. The zero-order valence-electron chi connectivity index (χ0n) is 26.6. The first-order valence-corrected chi connectivity index (χ1v) is 14.6. The molecule has 0 aliphatic rings. The van der Waals surface area contributed by atoms with Gasteiger partial charge in [0.05, 0.1) is 25.2 Å². The number of aliphatic hydroxyl groups excluding tert-OH is 2. The Hall–Kier alpha value is -4.36. The van der Waals surface area contributed by atoms with Gasteiger partial charge in [-0.15, -0.1) is 0 Å². The van der Waals surface area contributed by atoms with Crippen LogP contribution in [0.3, 0.4) is 0 Å². The fourth-order valence-electron chi connectivity index (χ4n) is 3.89. The molecule has 0 rings (SSSR count). The molecule has 46 heavy (non-hydrogen) atoms. The van der Waals surface area contributed by atoms with Crippen LogP contribution in [0.1, 0.15) is 60.3 Å². The highest BCUT2D eigenvalue weighted by Crippen LogP contribution is 2.08. The van der Waals surface area contributed by atoms with Crippen molar-refractivity contribution in [2.24, 2.45) is 29.0 Å². The normalized spacial score (nSPS) is 15.7. The number of aliphatic carboxylic acids is 1. The maximum Gasteiger partial charge on any atom is 0.326 e. The molecule has 7 amide bonds. The van der Waals surface area contributed by atoms with E-state index in [1.54, 1.807) is 27.7 Å². The van der Waals surface area contributed by atoms with E-state index >= 15 is 0 Å². The van der Waals surface area contributed by atoms with Gasteiger partial charge in [-0.25, -0.2) is 4.79 Å². The van der Waals surface area contributed by atoms with Gasteiger partial charge in [-0.05, 0) is 31.6 Å². The van der Waals surface area contributed by atoms with Gasteiger partial charge in [0.25, 0.3) is 0 Å². The van der Waals surface area contributed by atoms with Crippen molar-refractivity contribution in [1.29, 1.82) is 0 Å². The lowest BCUT2D eigenvalue weighted by atomic mass is 10.0. The Morgan fingerprint density at radius 3 is 1.57 bits per heavy atom. The van der Waals surface area contributed by atoms with Crippen molar-refractivity contribution in [2.75, 3.05) is 6.61 Å². The number of hydrogen-bond acceptors (Lipinski definition) is 11. The fourth-order valence-corrected chi connectivity index (χ4v) is 3.89. The van der Waals surface area contributed by atoms with Crippen LogP contribution in [0, 0.1) is 11.8 Å². The van der Waals surface area contributed by atoms with E-state index in [2.05, 4.69) is 26.6 Å². The van der Waals surface area contributed by atoms with E-state index in [0.717, 1.165) is 6.92 Å². The second kappa shape index (κ2) is 19.9. The number of nitrogens with two attached hydrogens (primary N) is 3. The van der Waals surface area contributed by atoms with Gasteiger partial charge in [0, 0.05) is 6.42 Å². The minimum atomic E-state index is -1.75. The molecule has 0 aromatic rings. The Morgan fingerprint density at radius 1 is 0.652 bits per heavy atom. The second-order valence-electron chi connectivity index (χ2n) is 11.6. The SMILES string of the molecule is CC(C)C[C@H](NC(=O)[C@H](CC(N)=O)NC(=O)[C@@H](N)C(C)C)C(=O)N[C@@H](CO)C(=O)N[C@H](C(=O)N[C@@H](CCC(N)=O)C(=O)O)[C@@H](C)O. The lowest BCUT2D eigenvalue weighted by Gasteiger charge is -2.27. The zero-order valence-corrected chi connectivity index (χ0v) is 26.6. The smallest absolute Gasteiger partial charge is 0.326 e. The highest BCUT2D eigenvalue weighted by Gasteiger charge is 2.34. The Labute approximate surface area is 266 Å². The van der Waals surface area contributed by atoms with Crippen LogP contribution in [0.2, 0.25) is 0 Å². The van der Waals surface area contributed by atoms with Crippen LogP contribution >= 0.6 is 0 Å². The van der Waals surface area contributed by atoms with Crippen LogP contribution in [0.4, 0.5) is 0 Å². The lowest BCUT2D eigenvalue weighted by molar-refractivity contribution is -0.143. The molecule has 14 N–H and O–H groups in total. The van der Waals surface area contributed by atoms with Gasteiger partial charge < -0.3 is 59.1 Å². The summed E-state index contributed by atoms with van der Waals surface area (Å²) in [7, 11) is 0. The van der Waals surface area contributed by atoms with Crippen LogP contribution in [-0.2, 0) is 38.4 Å². The van der Waals surface area contributed by atoms with E-state index in [1.165, 1.54) is 0 Å². The molecule has 7 atom stereocenters. The molecular formula is C27H48N8O11. The zero-order chi connectivity index (χ0) is 35.9. The summed E-state index contributed by atoms with van der Waals surface area (Å²) < 4.78 is 0. The van der Waals surface area contributed by atoms with Gasteiger partial charge in [0.15, 0.2) is 0 Å². The highest BCUT2D eigenvalue weighted by molar-refractivity contribution is 5.97. The van der Waals surface area contributed by atoms with Crippen LogP contribution in [-0.4, -0.2) is 112 Å². The third-order valence-corrected chi connectivity index (χ3v) is 6.57. The van der Waals surface area contributed by atoms with Gasteiger partial charge >= 0.3 is 5.97 Å². The Bertz CT molecular complexity index is 1120. The number of carboxylic acid groups (broad SMARTS) is 1. The van der Waals surface area contributed by atoms with Crippen molar-refractivity contribution in [2.45, 2.75) is 103 Å². The number of aliphatic hydroxyl groups is 2. The third kappa shape index (κ3) is 15.1.